The molecule has 30 heavy (non-hydrogen) atoms. The molecule has 0 aliphatic heterocycles. The minimum absolute atomic E-state index is 0.0207. The van der Waals surface area contributed by atoms with Gasteiger partial charge in [0.2, 0.25) is 11.8 Å². The Bertz CT molecular complexity index is 854. The Morgan fingerprint density at radius 3 is 2.27 bits per heavy atom. The van der Waals surface area contributed by atoms with Crippen LogP contribution in [0.1, 0.15) is 63.5 Å². The number of carbonyl (C=O) groups is 2. The van der Waals surface area contributed by atoms with Crippen molar-refractivity contribution in [1.29, 1.82) is 5.26 Å². The first kappa shape index (κ1) is 20.8. The second-order valence-electron chi connectivity index (χ2n) is 10.0. The first-order valence-corrected chi connectivity index (χ1v) is 11.1. The van der Waals surface area contributed by atoms with E-state index in [-0.39, 0.29) is 35.3 Å². The second-order valence-corrected chi connectivity index (χ2v) is 10.0. The highest BCUT2D eigenvalue weighted by Crippen LogP contribution is 2.60. The van der Waals surface area contributed by atoms with Crippen LogP contribution in [0.3, 0.4) is 0 Å². The Morgan fingerprint density at radius 1 is 1.17 bits per heavy atom. The molecule has 1 aromatic rings. The van der Waals surface area contributed by atoms with Gasteiger partial charge in [0.05, 0.1) is 11.6 Å². The van der Waals surface area contributed by atoms with Crippen molar-refractivity contribution < 1.29 is 14.0 Å². The topological polar surface area (TPSA) is 82.0 Å². The number of hydrogen-bond acceptors (Lipinski definition) is 3. The highest BCUT2D eigenvalue weighted by Gasteiger charge is 2.55. The number of amides is 2. The van der Waals surface area contributed by atoms with E-state index in [0.29, 0.717) is 23.3 Å². The third kappa shape index (κ3) is 3.95. The summed E-state index contributed by atoms with van der Waals surface area (Å²) in [6, 6.07) is 5.44. The van der Waals surface area contributed by atoms with E-state index < -0.39 is 11.9 Å². The Kier molecular flexibility index (Phi) is 5.57. The predicted molar refractivity (Wildman–Crippen MR) is 110 cm³/mol. The molecular formula is C24H30FN3O2. The minimum Gasteiger partial charge on any atom is -0.350 e. The summed E-state index contributed by atoms with van der Waals surface area (Å²) in [6.45, 7) is 3.84. The monoisotopic (exact) mass is 411 g/mol. The van der Waals surface area contributed by atoms with E-state index in [1.54, 1.807) is 0 Å². The molecule has 0 aromatic heterocycles. The second kappa shape index (κ2) is 8.02. The molecule has 4 aliphatic rings. The maximum absolute atomic E-state index is 14.1. The van der Waals surface area contributed by atoms with Gasteiger partial charge in [-0.3, -0.25) is 9.59 Å². The Morgan fingerprint density at radius 2 is 1.77 bits per heavy atom. The summed E-state index contributed by atoms with van der Waals surface area (Å²) in [5, 5.41) is 14.7. The van der Waals surface area contributed by atoms with Gasteiger partial charge in [0.25, 0.3) is 0 Å². The summed E-state index contributed by atoms with van der Waals surface area (Å²) in [7, 11) is 0. The molecule has 0 heterocycles. The summed E-state index contributed by atoms with van der Waals surface area (Å²) in [4.78, 5) is 26.2. The van der Waals surface area contributed by atoms with Crippen LogP contribution in [-0.4, -0.2) is 17.9 Å². The van der Waals surface area contributed by atoms with Gasteiger partial charge in [-0.05, 0) is 74.3 Å². The third-order valence-electron chi connectivity index (χ3n) is 7.39. The Balaban J connectivity index is 1.41. The molecule has 0 radical (unpaired) electrons. The van der Waals surface area contributed by atoms with Gasteiger partial charge in [0.1, 0.15) is 11.9 Å². The van der Waals surface area contributed by atoms with Crippen molar-refractivity contribution in [3.05, 3.63) is 35.1 Å². The maximum Gasteiger partial charge on any atom is 0.243 e. The lowest BCUT2D eigenvalue weighted by Crippen LogP contribution is -2.58. The number of rotatable bonds is 6. The van der Waals surface area contributed by atoms with E-state index in [1.807, 2.05) is 19.9 Å². The number of nitrogens with one attached hydrogen (secondary N) is 2. The number of halogens is 1. The van der Waals surface area contributed by atoms with Crippen molar-refractivity contribution in [2.45, 2.75) is 65.0 Å². The van der Waals surface area contributed by atoms with E-state index in [4.69, 9.17) is 5.26 Å². The van der Waals surface area contributed by atoms with Crippen molar-refractivity contribution in [2.24, 2.45) is 29.1 Å². The van der Waals surface area contributed by atoms with Gasteiger partial charge in [0.15, 0.2) is 0 Å². The molecule has 4 fully saturated rings. The molecule has 5 rings (SSSR count). The molecule has 4 aliphatic carbocycles. The van der Waals surface area contributed by atoms with Gasteiger partial charge in [-0.2, -0.15) is 5.26 Å². The fraction of sp³-hybridized carbons (Fsp3) is 0.625. The summed E-state index contributed by atoms with van der Waals surface area (Å²) in [5.41, 5.74) is 0.254. The first-order valence-electron chi connectivity index (χ1n) is 11.1. The number of nitrogens with zero attached hydrogens (tertiary/aromatic N) is 1. The van der Waals surface area contributed by atoms with Crippen LogP contribution < -0.4 is 10.6 Å². The summed E-state index contributed by atoms with van der Waals surface area (Å²) in [6.07, 6.45) is 6.64. The largest absolute Gasteiger partial charge is 0.350 e. The van der Waals surface area contributed by atoms with Crippen molar-refractivity contribution in [3.8, 4) is 6.07 Å². The van der Waals surface area contributed by atoms with Gasteiger partial charge in [-0.1, -0.05) is 19.9 Å². The molecule has 4 saturated carbocycles. The van der Waals surface area contributed by atoms with Crippen LogP contribution in [0.25, 0.3) is 0 Å². The van der Waals surface area contributed by atoms with Crippen LogP contribution in [0.4, 0.5) is 4.39 Å². The fourth-order valence-corrected chi connectivity index (χ4v) is 6.27. The standard InChI is InChI=1S/C24H30FN3O2/c1-14(2)21(22(29)27-13-19-4-3-15(12-26)8-20(19)25)28-23(30)24-9-16-5-17(10-24)7-18(6-16)11-24/h3-4,8,14,16-18,21H,5-7,9-11,13H2,1-2H3,(H,27,29)(H,28,30)/t16?,17?,18?,21-,24?/m1/s1. The van der Waals surface area contributed by atoms with Gasteiger partial charge in [-0.25, -0.2) is 4.39 Å². The number of hydrogen-bond donors (Lipinski definition) is 2. The van der Waals surface area contributed by atoms with Crippen LogP contribution >= 0.6 is 0 Å². The highest BCUT2D eigenvalue weighted by molar-refractivity contribution is 5.90. The fourth-order valence-electron chi connectivity index (χ4n) is 6.27. The molecule has 2 N–H and O–H groups in total. The molecule has 5 nitrogen and oxygen atoms in total. The third-order valence-corrected chi connectivity index (χ3v) is 7.39. The quantitative estimate of drug-likeness (QED) is 0.749. The van der Waals surface area contributed by atoms with Crippen molar-refractivity contribution in [3.63, 3.8) is 0 Å². The van der Waals surface area contributed by atoms with E-state index in [2.05, 4.69) is 10.6 Å². The summed E-state index contributed by atoms with van der Waals surface area (Å²) < 4.78 is 14.1. The highest BCUT2D eigenvalue weighted by atomic mass is 19.1. The van der Waals surface area contributed by atoms with Crippen LogP contribution in [-0.2, 0) is 16.1 Å². The van der Waals surface area contributed by atoms with Crippen molar-refractivity contribution in [1.82, 2.24) is 10.6 Å². The molecule has 1 aromatic carbocycles. The van der Waals surface area contributed by atoms with Crippen molar-refractivity contribution in [2.75, 3.05) is 0 Å². The molecule has 4 bridgehead atoms. The maximum atomic E-state index is 14.1. The van der Waals surface area contributed by atoms with E-state index in [0.717, 1.165) is 25.3 Å². The molecular weight excluding hydrogens is 381 g/mol. The zero-order valence-corrected chi connectivity index (χ0v) is 17.7. The van der Waals surface area contributed by atoms with Crippen LogP contribution in [0.2, 0.25) is 0 Å². The van der Waals surface area contributed by atoms with Crippen LogP contribution in [0.5, 0.6) is 0 Å². The molecule has 1 atom stereocenters. The molecule has 0 saturated heterocycles. The summed E-state index contributed by atoms with van der Waals surface area (Å²) in [5.74, 6) is 1.11. The number of nitriles is 1. The molecule has 6 heteroatoms. The normalized spacial score (nSPS) is 30.0. The van der Waals surface area contributed by atoms with E-state index >= 15 is 0 Å². The van der Waals surface area contributed by atoms with Gasteiger partial charge in [-0.15, -0.1) is 0 Å². The molecule has 0 unspecified atom stereocenters. The minimum atomic E-state index is -0.646. The number of benzene rings is 1. The van der Waals surface area contributed by atoms with Gasteiger partial charge >= 0.3 is 0 Å². The van der Waals surface area contributed by atoms with Crippen LogP contribution in [0.15, 0.2) is 18.2 Å². The molecule has 160 valence electrons. The summed E-state index contributed by atoms with van der Waals surface area (Å²) >= 11 is 0. The van der Waals surface area contributed by atoms with Crippen molar-refractivity contribution >= 4 is 11.8 Å². The van der Waals surface area contributed by atoms with Crippen LogP contribution in [0, 0.1) is 46.2 Å². The smallest absolute Gasteiger partial charge is 0.243 e. The first-order chi connectivity index (χ1) is 14.3. The Labute approximate surface area is 177 Å². The lowest BCUT2D eigenvalue weighted by atomic mass is 9.49. The van der Waals surface area contributed by atoms with Gasteiger partial charge < -0.3 is 10.6 Å². The van der Waals surface area contributed by atoms with E-state index in [9.17, 15) is 14.0 Å². The lowest BCUT2D eigenvalue weighted by molar-refractivity contribution is -0.149. The SMILES string of the molecule is CC(C)[C@@H](NC(=O)C12CC3CC(CC(C3)C1)C2)C(=O)NCc1ccc(C#N)cc1F. The molecule has 0 spiro atoms. The predicted octanol–water partition coefficient (Wildman–Crippen LogP) is 3.67. The van der Waals surface area contributed by atoms with Gasteiger partial charge in [0, 0.05) is 17.5 Å². The average molecular weight is 412 g/mol. The zero-order valence-electron chi connectivity index (χ0n) is 17.7. The molecule has 2 amide bonds. The Hall–Kier alpha value is -2.42. The zero-order chi connectivity index (χ0) is 21.5. The number of carbonyl (C=O) groups excluding carboxylic acids is 2. The average Bonchev–Trinajstić information content (AvgIpc) is 2.69. The lowest BCUT2D eigenvalue weighted by Gasteiger charge is -2.55. The van der Waals surface area contributed by atoms with E-state index in [1.165, 1.54) is 31.4 Å².